The van der Waals surface area contributed by atoms with Crippen molar-refractivity contribution >= 4 is 19.7 Å². The minimum Gasteiger partial charge on any atom is -0.306 e. The van der Waals surface area contributed by atoms with Gasteiger partial charge in [0, 0.05) is 10.7 Å². The summed E-state index contributed by atoms with van der Waals surface area (Å²) in [6, 6.07) is 0. The molecule has 3 nitrogen and oxygen atoms in total. The van der Waals surface area contributed by atoms with Crippen LogP contribution < -0.4 is 0 Å². The van der Waals surface area contributed by atoms with Crippen molar-refractivity contribution in [2.75, 3.05) is 20.1 Å². The van der Waals surface area contributed by atoms with Gasteiger partial charge in [0.15, 0.2) is 0 Å². The molecule has 0 radical (unpaired) electrons. The number of nitrogens with zero attached hydrogens (tertiary/aromatic N) is 1. The predicted molar refractivity (Wildman–Crippen MR) is 45.3 cm³/mol. The van der Waals surface area contributed by atoms with Crippen LogP contribution in [-0.4, -0.2) is 38.7 Å². The average molecular weight is 198 g/mol. The molecule has 0 N–H and O–H groups in total. The van der Waals surface area contributed by atoms with E-state index in [1.165, 1.54) is 0 Å². The van der Waals surface area contributed by atoms with Crippen LogP contribution in [0.2, 0.25) is 0 Å². The van der Waals surface area contributed by atoms with Gasteiger partial charge in [-0.25, -0.2) is 8.42 Å². The average Bonchev–Trinajstić information content (AvgIpc) is 1.86. The zero-order valence-corrected chi connectivity index (χ0v) is 8.03. The van der Waals surface area contributed by atoms with Crippen molar-refractivity contribution in [3.8, 4) is 0 Å². The normalized spacial score (nSPS) is 23.8. The number of piperidine rings is 1. The minimum atomic E-state index is -3.30. The molecule has 0 atom stereocenters. The zero-order chi connectivity index (χ0) is 8.48. The van der Waals surface area contributed by atoms with E-state index in [4.69, 9.17) is 10.7 Å². The molecule has 1 fully saturated rings. The van der Waals surface area contributed by atoms with Gasteiger partial charge in [0.1, 0.15) is 0 Å². The van der Waals surface area contributed by atoms with Crippen LogP contribution in [0, 0.1) is 0 Å². The largest absolute Gasteiger partial charge is 0.306 e. The Kier molecular flexibility index (Phi) is 2.78. The Morgan fingerprint density at radius 1 is 1.36 bits per heavy atom. The van der Waals surface area contributed by atoms with E-state index < -0.39 is 9.05 Å². The van der Waals surface area contributed by atoms with E-state index >= 15 is 0 Å². The number of rotatable bonds is 1. The number of hydrogen-bond donors (Lipinski definition) is 0. The molecular weight excluding hydrogens is 186 g/mol. The first-order valence-electron chi connectivity index (χ1n) is 3.62. The lowest BCUT2D eigenvalue weighted by atomic mass is 10.1. The van der Waals surface area contributed by atoms with Gasteiger partial charge in [-0.1, -0.05) is 0 Å². The summed E-state index contributed by atoms with van der Waals surface area (Å²) in [5, 5.41) is -0.319. The van der Waals surface area contributed by atoms with E-state index in [0.717, 1.165) is 13.1 Å². The van der Waals surface area contributed by atoms with Gasteiger partial charge in [-0.3, -0.25) is 0 Å². The molecule has 1 aliphatic heterocycles. The van der Waals surface area contributed by atoms with Crippen LogP contribution in [-0.2, 0) is 9.05 Å². The quantitative estimate of drug-likeness (QED) is 0.580. The van der Waals surface area contributed by atoms with Gasteiger partial charge in [0.25, 0.3) is 0 Å². The summed E-state index contributed by atoms with van der Waals surface area (Å²) in [5.74, 6) is 0. The molecule has 0 aromatic heterocycles. The molecule has 0 unspecified atom stereocenters. The van der Waals surface area contributed by atoms with Crippen molar-refractivity contribution in [1.29, 1.82) is 0 Å². The highest BCUT2D eigenvalue weighted by atomic mass is 35.7. The van der Waals surface area contributed by atoms with Crippen LogP contribution in [0.5, 0.6) is 0 Å². The van der Waals surface area contributed by atoms with Crippen molar-refractivity contribution in [2.24, 2.45) is 0 Å². The summed E-state index contributed by atoms with van der Waals surface area (Å²) in [4.78, 5) is 2.11. The lowest BCUT2D eigenvalue weighted by molar-refractivity contribution is 0.278. The highest BCUT2D eigenvalue weighted by Crippen LogP contribution is 2.19. The smallest absolute Gasteiger partial charge is 0.235 e. The molecule has 0 aromatic rings. The molecule has 0 aromatic carbocycles. The maximum absolute atomic E-state index is 10.8. The third-order valence-electron chi connectivity index (χ3n) is 2.06. The highest BCUT2D eigenvalue weighted by Gasteiger charge is 2.26. The lowest BCUT2D eigenvalue weighted by Crippen LogP contribution is -2.35. The second-order valence-corrected chi connectivity index (χ2v) is 5.89. The van der Waals surface area contributed by atoms with Gasteiger partial charge in [0.2, 0.25) is 9.05 Å². The molecule has 0 saturated carbocycles. The third kappa shape index (κ3) is 2.61. The lowest BCUT2D eigenvalue weighted by Gasteiger charge is -2.26. The molecule has 5 heteroatoms. The van der Waals surface area contributed by atoms with Crippen LogP contribution >= 0.6 is 10.7 Å². The maximum atomic E-state index is 10.8. The van der Waals surface area contributed by atoms with E-state index in [2.05, 4.69) is 4.90 Å². The molecule has 0 aliphatic carbocycles. The molecule has 0 bridgehead atoms. The Labute approximate surface area is 71.8 Å². The molecule has 66 valence electrons. The predicted octanol–water partition coefficient (Wildman–Crippen LogP) is 0.649. The van der Waals surface area contributed by atoms with Crippen molar-refractivity contribution in [1.82, 2.24) is 4.90 Å². The van der Waals surface area contributed by atoms with Crippen LogP contribution in [0.15, 0.2) is 0 Å². The fraction of sp³-hybridized carbons (Fsp3) is 1.00. The highest BCUT2D eigenvalue weighted by molar-refractivity contribution is 8.14. The summed E-state index contributed by atoms with van der Waals surface area (Å²) in [5.41, 5.74) is 0. The first kappa shape index (κ1) is 9.29. The fourth-order valence-electron chi connectivity index (χ4n) is 1.27. The Morgan fingerprint density at radius 3 is 2.18 bits per heavy atom. The first-order chi connectivity index (χ1) is 5.00. The Hall–Kier alpha value is 0.200. The molecule has 1 aliphatic rings. The maximum Gasteiger partial charge on any atom is 0.235 e. The molecule has 0 spiro atoms. The van der Waals surface area contributed by atoms with Gasteiger partial charge >= 0.3 is 0 Å². The molecule has 1 heterocycles. The molecular formula is C6H12ClNO2S. The minimum absolute atomic E-state index is 0.319. The summed E-state index contributed by atoms with van der Waals surface area (Å²) < 4.78 is 21.7. The molecule has 0 amide bonds. The van der Waals surface area contributed by atoms with Crippen LogP contribution in [0.1, 0.15) is 12.8 Å². The molecule has 1 saturated heterocycles. The van der Waals surface area contributed by atoms with Gasteiger partial charge < -0.3 is 4.90 Å². The van der Waals surface area contributed by atoms with E-state index in [-0.39, 0.29) is 5.25 Å². The molecule has 1 rings (SSSR count). The summed E-state index contributed by atoms with van der Waals surface area (Å²) in [7, 11) is 3.89. The summed E-state index contributed by atoms with van der Waals surface area (Å²) in [6.07, 6.45) is 1.34. The van der Waals surface area contributed by atoms with Crippen molar-refractivity contribution in [3.63, 3.8) is 0 Å². The van der Waals surface area contributed by atoms with Gasteiger partial charge in [-0.2, -0.15) is 0 Å². The van der Waals surface area contributed by atoms with E-state index in [1.807, 2.05) is 7.05 Å². The molecule has 11 heavy (non-hydrogen) atoms. The van der Waals surface area contributed by atoms with E-state index in [0.29, 0.717) is 12.8 Å². The van der Waals surface area contributed by atoms with Gasteiger partial charge in [0.05, 0.1) is 5.25 Å². The van der Waals surface area contributed by atoms with Crippen molar-refractivity contribution in [2.45, 2.75) is 18.1 Å². The Bertz CT molecular complexity index is 219. The number of likely N-dealkylation sites (tertiary alicyclic amines) is 1. The standard InChI is InChI=1S/C6H12ClNO2S/c1-8-4-2-6(3-5-8)11(7,9)10/h6H,2-5H2,1H3. The fourth-order valence-corrected chi connectivity index (χ4v) is 2.57. The number of halogens is 1. The first-order valence-corrected chi connectivity index (χ1v) is 5.99. The number of hydrogen-bond acceptors (Lipinski definition) is 3. The topological polar surface area (TPSA) is 37.4 Å². The monoisotopic (exact) mass is 197 g/mol. The van der Waals surface area contributed by atoms with Crippen LogP contribution in [0.4, 0.5) is 0 Å². The Morgan fingerprint density at radius 2 is 1.82 bits per heavy atom. The Balaban J connectivity index is 2.53. The van der Waals surface area contributed by atoms with Crippen molar-refractivity contribution < 1.29 is 8.42 Å². The van der Waals surface area contributed by atoms with Crippen LogP contribution in [0.25, 0.3) is 0 Å². The van der Waals surface area contributed by atoms with Crippen LogP contribution in [0.3, 0.4) is 0 Å². The van der Waals surface area contributed by atoms with Gasteiger partial charge in [-0.15, -0.1) is 0 Å². The summed E-state index contributed by atoms with van der Waals surface area (Å²) >= 11 is 0. The van der Waals surface area contributed by atoms with E-state index in [1.54, 1.807) is 0 Å². The second kappa shape index (κ2) is 3.29. The third-order valence-corrected chi connectivity index (χ3v) is 4.09. The summed E-state index contributed by atoms with van der Waals surface area (Å²) in [6.45, 7) is 1.66. The second-order valence-electron chi connectivity index (χ2n) is 2.98. The SMILES string of the molecule is CN1CCC(S(=O)(=O)Cl)CC1. The van der Waals surface area contributed by atoms with Crippen molar-refractivity contribution in [3.05, 3.63) is 0 Å². The van der Waals surface area contributed by atoms with Gasteiger partial charge in [-0.05, 0) is 33.0 Å². The van der Waals surface area contributed by atoms with E-state index in [9.17, 15) is 8.42 Å². The zero-order valence-electron chi connectivity index (χ0n) is 6.46.